The molecule has 2 aliphatic rings. The lowest BCUT2D eigenvalue weighted by molar-refractivity contribution is -0.352. The molecule has 0 spiro atoms. The Morgan fingerprint density at radius 2 is 1.37 bits per heavy atom. The molecule has 2 aliphatic heterocycles. The van der Waals surface area contributed by atoms with E-state index in [1.807, 2.05) is 0 Å². The molecule has 4 aromatic rings. The fourth-order valence-corrected chi connectivity index (χ4v) is 5.90. The van der Waals surface area contributed by atoms with Gasteiger partial charge in [0, 0.05) is 23.8 Å². The van der Waals surface area contributed by atoms with E-state index in [4.69, 9.17) is 28.1 Å². The van der Waals surface area contributed by atoms with E-state index in [9.17, 15) is 60.7 Å². The molecule has 0 radical (unpaired) electrons. The zero-order chi connectivity index (χ0) is 38.8. The van der Waals surface area contributed by atoms with Crippen LogP contribution in [0.15, 0.2) is 76.0 Å². The summed E-state index contributed by atoms with van der Waals surface area (Å²) in [7, 11) is 0. The van der Waals surface area contributed by atoms with Gasteiger partial charge in [0.05, 0.1) is 6.61 Å². The van der Waals surface area contributed by atoms with E-state index in [0.29, 0.717) is 5.56 Å². The molecule has 6 unspecified atom stereocenters. The summed E-state index contributed by atoms with van der Waals surface area (Å²) in [6.45, 7) is -1.55. The van der Waals surface area contributed by atoms with Crippen molar-refractivity contribution in [2.24, 2.45) is 0 Å². The van der Waals surface area contributed by atoms with Crippen LogP contribution in [0.2, 0.25) is 0 Å². The van der Waals surface area contributed by atoms with E-state index < -0.39 is 109 Å². The van der Waals surface area contributed by atoms with Gasteiger partial charge in [-0.25, -0.2) is 4.79 Å². The van der Waals surface area contributed by atoms with E-state index in [2.05, 4.69) is 0 Å². The maximum Gasteiger partial charge on any atom is 0.330 e. The highest BCUT2D eigenvalue weighted by molar-refractivity contribution is 5.88. The minimum absolute atomic E-state index is 0.000110. The number of carbonyl (C=O) groups is 1. The van der Waals surface area contributed by atoms with Gasteiger partial charge in [0.25, 0.3) is 0 Å². The average molecular weight is 757 g/mol. The van der Waals surface area contributed by atoms with Gasteiger partial charge in [-0.3, -0.25) is 4.79 Å². The molecule has 10 N–H and O–H groups in total. The number of phenolic OH excluding ortho intramolecular Hbond substituents is 4. The Morgan fingerprint density at radius 1 is 0.741 bits per heavy atom. The minimum Gasteiger partial charge on any atom is -0.508 e. The largest absolute Gasteiger partial charge is 0.508 e. The Morgan fingerprint density at radius 3 is 2.04 bits per heavy atom. The van der Waals surface area contributed by atoms with Gasteiger partial charge in [0.15, 0.2) is 12.1 Å². The van der Waals surface area contributed by atoms with Gasteiger partial charge in [-0.05, 0) is 48.0 Å². The molecule has 0 amide bonds. The van der Waals surface area contributed by atoms with Crippen molar-refractivity contribution in [1.29, 1.82) is 0 Å². The zero-order valence-electron chi connectivity index (χ0n) is 27.9. The van der Waals surface area contributed by atoms with Crippen LogP contribution in [-0.2, 0) is 23.7 Å². The number of aliphatic hydroxyl groups excluding tert-OH is 6. The zero-order valence-corrected chi connectivity index (χ0v) is 27.9. The minimum atomic E-state index is -2.09. The first kappa shape index (κ1) is 38.4. The molecule has 0 aliphatic carbocycles. The second-order valence-electron chi connectivity index (χ2n) is 12.5. The molecule has 0 saturated carbocycles. The molecule has 3 aromatic carbocycles. The van der Waals surface area contributed by atoms with Crippen molar-refractivity contribution in [3.05, 3.63) is 82.5 Å². The SMILES string of the molecule is O=C(C=Cc1ccc(O)cc1)OCC1O[C@@H](Oc2c(-c3ccc(O)cc3)oc3cc(O)cc(O)c3c2=O)C(O)C(O)[C@@H]1O[C@@H]1OC(CO)[C@@H](O)C(O)C1O. The Labute approximate surface area is 304 Å². The summed E-state index contributed by atoms with van der Waals surface area (Å²) in [4.78, 5) is 26.6. The quantitative estimate of drug-likeness (QED) is 0.0724. The maximum atomic E-state index is 13.9. The molecular weight excluding hydrogens is 720 g/mol. The van der Waals surface area contributed by atoms with Gasteiger partial charge in [-0.15, -0.1) is 0 Å². The molecular formula is C36H36O18. The van der Waals surface area contributed by atoms with E-state index in [-0.39, 0.29) is 28.4 Å². The third kappa shape index (κ3) is 7.97. The molecule has 18 nitrogen and oxygen atoms in total. The van der Waals surface area contributed by atoms with Crippen molar-refractivity contribution in [3.63, 3.8) is 0 Å². The first-order valence-corrected chi connectivity index (χ1v) is 16.4. The van der Waals surface area contributed by atoms with Gasteiger partial charge in [-0.2, -0.15) is 0 Å². The lowest BCUT2D eigenvalue weighted by Crippen LogP contribution is -2.65. The number of rotatable bonds is 10. The Hall–Kier alpha value is -5.28. The van der Waals surface area contributed by atoms with Crippen LogP contribution in [0.1, 0.15) is 5.56 Å². The van der Waals surface area contributed by atoms with Crippen LogP contribution in [0.3, 0.4) is 0 Å². The van der Waals surface area contributed by atoms with Crippen LogP contribution in [0.4, 0.5) is 0 Å². The number of aliphatic hydroxyl groups is 6. The van der Waals surface area contributed by atoms with E-state index in [0.717, 1.165) is 18.2 Å². The van der Waals surface area contributed by atoms with Gasteiger partial charge in [0.2, 0.25) is 17.5 Å². The van der Waals surface area contributed by atoms with Crippen LogP contribution < -0.4 is 10.2 Å². The smallest absolute Gasteiger partial charge is 0.330 e. The summed E-state index contributed by atoms with van der Waals surface area (Å²) in [5, 5.41) is 103. The number of hydrogen-bond donors (Lipinski definition) is 10. The maximum absolute atomic E-state index is 13.9. The molecule has 2 fully saturated rings. The van der Waals surface area contributed by atoms with Crippen molar-refractivity contribution < 1.29 is 84.0 Å². The number of fused-ring (bicyclic) bond motifs is 1. The standard InChI is InChI=1S/C36H36O18/c37-13-22-26(43)28(45)30(47)35(51-22)53-33-23(14-49-24(42)10-3-15-1-6-17(38)7-2-15)52-36(31(48)29(33)46)54-34-27(44)25-20(41)11-19(40)12-21(25)50-32(34)16-4-8-18(39)9-5-16/h1-12,22-23,26,28-31,33,35-41,43,45-48H,13-14H2/t22?,23?,26-,28?,29?,30?,31?,33-,35+,36+/m1/s1. The first-order valence-electron chi connectivity index (χ1n) is 16.4. The molecule has 3 heterocycles. The summed E-state index contributed by atoms with van der Waals surface area (Å²) >= 11 is 0. The summed E-state index contributed by atoms with van der Waals surface area (Å²) in [6, 6.07) is 13.0. The summed E-state index contributed by atoms with van der Waals surface area (Å²) < 4.78 is 34.1. The molecule has 54 heavy (non-hydrogen) atoms. The Balaban J connectivity index is 1.33. The third-order valence-electron chi connectivity index (χ3n) is 8.76. The topological polar surface area (TPSA) is 296 Å². The first-order chi connectivity index (χ1) is 25.7. The van der Waals surface area contributed by atoms with Crippen LogP contribution in [0.5, 0.6) is 28.7 Å². The Kier molecular flexibility index (Phi) is 11.4. The fraction of sp³-hybridized carbons (Fsp3) is 0.333. The van der Waals surface area contributed by atoms with Gasteiger partial charge >= 0.3 is 5.97 Å². The third-order valence-corrected chi connectivity index (χ3v) is 8.76. The van der Waals surface area contributed by atoms with Gasteiger partial charge < -0.3 is 79.2 Å². The number of aromatic hydroxyl groups is 4. The lowest BCUT2D eigenvalue weighted by atomic mass is 9.97. The average Bonchev–Trinajstić information content (AvgIpc) is 3.14. The number of benzene rings is 3. The molecule has 10 atom stereocenters. The highest BCUT2D eigenvalue weighted by Crippen LogP contribution is 2.38. The van der Waals surface area contributed by atoms with Gasteiger partial charge in [-0.1, -0.05) is 12.1 Å². The monoisotopic (exact) mass is 756 g/mol. The molecule has 18 heteroatoms. The van der Waals surface area contributed by atoms with Crippen LogP contribution in [-0.4, -0.2) is 132 Å². The molecule has 6 rings (SSSR count). The molecule has 288 valence electrons. The Bertz CT molecular complexity index is 2030. The summed E-state index contributed by atoms with van der Waals surface area (Å²) in [5.74, 6) is -3.18. The van der Waals surface area contributed by atoms with E-state index in [1.54, 1.807) is 0 Å². The predicted molar refractivity (Wildman–Crippen MR) is 181 cm³/mol. The van der Waals surface area contributed by atoms with Crippen molar-refractivity contribution in [3.8, 4) is 40.1 Å². The summed E-state index contributed by atoms with van der Waals surface area (Å²) in [5.41, 5.74) is -0.611. The number of phenols is 4. The van der Waals surface area contributed by atoms with Crippen LogP contribution >= 0.6 is 0 Å². The second-order valence-corrected chi connectivity index (χ2v) is 12.5. The molecule has 2 saturated heterocycles. The van der Waals surface area contributed by atoms with E-state index >= 15 is 0 Å². The number of hydrogen-bond acceptors (Lipinski definition) is 18. The molecule has 1 aromatic heterocycles. The number of esters is 1. The predicted octanol–water partition coefficient (Wildman–Crippen LogP) is -0.450. The highest BCUT2D eigenvalue weighted by atomic mass is 16.7. The fourth-order valence-electron chi connectivity index (χ4n) is 5.90. The van der Waals surface area contributed by atoms with Gasteiger partial charge in [0.1, 0.15) is 89.4 Å². The van der Waals surface area contributed by atoms with Crippen molar-refractivity contribution >= 4 is 23.0 Å². The second kappa shape index (κ2) is 16.0. The van der Waals surface area contributed by atoms with Crippen molar-refractivity contribution in [2.75, 3.05) is 13.2 Å². The highest BCUT2D eigenvalue weighted by Gasteiger charge is 2.52. The van der Waals surface area contributed by atoms with E-state index in [1.165, 1.54) is 54.6 Å². The number of ether oxygens (including phenoxy) is 5. The summed E-state index contributed by atoms with van der Waals surface area (Å²) in [6.07, 6.45) is -15.9. The molecule has 0 bridgehead atoms. The van der Waals surface area contributed by atoms with Crippen molar-refractivity contribution in [2.45, 2.75) is 61.4 Å². The lowest BCUT2D eigenvalue weighted by Gasteiger charge is -2.46. The van der Waals surface area contributed by atoms with Crippen LogP contribution in [0, 0.1) is 0 Å². The van der Waals surface area contributed by atoms with Crippen LogP contribution in [0.25, 0.3) is 28.4 Å². The number of carbonyl (C=O) groups excluding carboxylic acids is 1. The normalized spacial score (nSPS) is 28.6. The van der Waals surface area contributed by atoms with Crippen molar-refractivity contribution in [1.82, 2.24) is 0 Å².